The summed E-state index contributed by atoms with van der Waals surface area (Å²) in [6.07, 6.45) is 0. The Balaban J connectivity index is 1.58. The van der Waals surface area contributed by atoms with E-state index in [0.29, 0.717) is 30.7 Å². The van der Waals surface area contributed by atoms with Crippen molar-refractivity contribution in [1.29, 1.82) is 0 Å². The molecular formula is C20H25N3O5S. The van der Waals surface area contributed by atoms with Gasteiger partial charge in [0.25, 0.3) is 5.91 Å². The van der Waals surface area contributed by atoms with Gasteiger partial charge in [-0.3, -0.25) is 9.59 Å². The number of benzene rings is 1. The van der Waals surface area contributed by atoms with E-state index in [1.54, 1.807) is 12.1 Å². The van der Waals surface area contributed by atoms with Crippen LogP contribution in [0.5, 0.6) is 11.5 Å². The molecule has 1 aromatic carbocycles. The first-order chi connectivity index (χ1) is 14.0. The van der Waals surface area contributed by atoms with Crippen molar-refractivity contribution in [2.45, 2.75) is 25.9 Å². The van der Waals surface area contributed by atoms with Crippen LogP contribution in [0.1, 0.15) is 18.3 Å². The Hall–Kier alpha value is -2.81. The Morgan fingerprint density at radius 3 is 2.28 bits per heavy atom. The number of nitrogens with one attached hydrogen (secondary N) is 1. The van der Waals surface area contributed by atoms with Crippen LogP contribution in [0.3, 0.4) is 0 Å². The largest absolute Gasteiger partial charge is 0.494 e. The number of hydrogen-bond acceptors (Lipinski definition) is 8. The number of nitrogens with zero attached hydrogens (tertiary/aromatic N) is 2. The van der Waals surface area contributed by atoms with E-state index in [1.807, 2.05) is 39.0 Å². The van der Waals surface area contributed by atoms with Crippen LogP contribution in [0.2, 0.25) is 0 Å². The van der Waals surface area contributed by atoms with Crippen molar-refractivity contribution in [2.75, 3.05) is 32.1 Å². The standard InChI is InChI=1S/C20H25N3O5S/c1-4-26-16-5-7-17(8-6-16)27-10-9-21-18(24)12-28-19(25)13-29-20-22-14(2)11-15(3)23-20/h5-8,11H,4,9-10,12-13H2,1-3H3,(H,21,24). The van der Waals surface area contributed by atoms with E-state index in [1.165, 1.54) is 11.8 Å². The van der Waals surface area contributed by atoms with E-state index in [-0.39, 0.29) is 18.3 Å². The predicted molar refractivity (Wildman–Crippen MR) is 109 cm³/mol. The highest BCUT2D eigenvalue weighted by Crippen LogP contribution is 2.17. The number of aromatic nitrogens is 2. The Morgan fingerprint density at radius 1 is 1.03 bits per heavy atom. The van der Waals surface area contributed by atoms with Crippen molar-refractivity contribution in [3.63, 3.8) is 0 Å². The van der Waals surface area contributed by atoms with Gasteiger partial charge in [0, 0.05) is 11.4 Å². The van der Waals surface area contributed by atoms with Crippen LogP contribution in [-0.4, -0.2) is 54.0 Å². The number of ether oxygens (including phenoxy) is 3. The molecule has 29 heavy (non-hydrogen) atoms. The summed E-state index contributed by atoms with van der Waals surface area (Å²) in [6.45, 7) is 6.51. The molecule has 2 rings (SSSR count). The highest BCUT2D eigenvalue weighted by atomic mass is 32.2. The van der Waals surface area contributed by atoms with Crippen molar-refractivity contribution in [3.05, 3.63) is 41.7 Å². The van der Waals surface area contributed by atoms with Crippen molar-refractivity contribution in [1.82, 2.24) is 15.3 Å². The molecule has 0 spiro atoms. The number of thioether (sulfide) groups is 1. The highest BCUT2D eigenvalue weighted by Gasteiger charge is 2.10. The molecule has 1 amide bonds. The zero-order valence-corrected chi connectivity index (χ0v) is 17.6. The lowest BCUT2D eigenvalue weighted by molar-refractivity contribution is -0.145. The number of hydrogen-bond donors (Lipinski definition) is 1. The van der Waals surface area contributed by atoms with E-state index in [9.17, 15) is 9.59 Å². The van der Waals surface area contributed by atoms with E-state index in [0.717, 1.165) is 17.1 Å². The molecular weight excluding hydrogens is 394 g/mol. The summed E-state index contributed by atoms with van der Waals surface area (Å²) in [4.78, 5) is 32.0. The summed E-state index contributed by atoms with van der Waals surface area (Å²) >= 11 is 1.17. The number of esters is 1. The van der Waals surface area contributed by atoms with Gasteiger partial charge in [-0.05, 0) is 51.1 Å². The summed E-state index contributed by atoms with van der Waals surface area (Å²) in [5.74, 6) is 0.605. The lowest BCUT2D eigenvalue weighted by atomic mass is 10.3. The highest BCUT2D eigenvalue weighted by molar-refractivity contribution is 7.99. The number of aryl methyl sites for hydroxylation is 2. The van der Waals surface area contributed by atoms with Gasteiger partial charge in [0.15, 0.2) is 11.8 Å². The number of carbonyl (C=O) groups is 2. The molecule has 8 nitrogen and oxygen atoms in total. The minimum Gasteiger partial charge on any atom is -0.494 e. The minimum atomic E-state index is -0.501. The molecule has 0 aliphatic carbocycles. The summed E-state index contributed by atoms with van der Waals surface area (Å²) in [6, 6.07) is 9.08. The molecule has 0 radical (unpaired) electrons. The first kappa shape index (κ1) is 22.5. The monoisotopic (exact) mass is 419 g/mol. The second kappa shape index (κ2) is 11.9. The van der Waals surface area contributed by atoms with Gasteiger partial charge >= 0.3 is 5.97 Å². The molecule has 1 aromatic heterocycles. The lowest BCUT2D eigenvalue weighted by Gasteiger charge is -2.09. The third kappa shape index (κ3) is 8.82. The van der Waals surface area contributed by atoms with Crippen LogP contribution >= 0.6 is 11.8 Å². The Kier molecular flexibility index (Phi) is 9.23. The maximum Gasteiger partial charge on any atom is 0.316 e. The molecule has 2 aromatic rings. The summed E-state index contributed by atoms with van der Waals surface area (Å²) in [7, 11) is 0. The molecule has 0 aliphatic heterocycles. The van der Waals surface area contributed by atoms with Gasteiger partial charge in [-0.1, -0.05) is 11.8 Å². The van der Waals surface area contributed by atoms with Crippen LogP contribution in [0.15, 0.2) is 35.5 Å². The van der Waals surface area contributed by atoms with Crippen LogP contribution in [0, 0.1) is 13.8 Å². The molecule has 1 N–H and O–H groups in total. The summed E-state index contributed by atoms with van der Waals surface area (Å²) in [5.41, 5.74) is 1.67. The zero-order valence-electron chi connectivity index (χ0n) is 16.8. The second-order valence-corrected chi connectivity index (χ2v) is 6.93. The fraction of sp³-hybridized carbons (Fsp3) is 0.400. The molecule has 1 heterocycles. The number of carbonyl (C=O) groups excluding carboxylic acids is 2. The van der Waals surface area contributed by atoms with E-state index >= 15 is 0 Å². The van der Waals surface area contributed by atoms with Crippen molar-refractivity contribution in [3.8, 4) is 11.5 Å². The Labute approximate surface area is 174 Å². The average molecular weight is 420 g/mol. The maximum atomic E-state index is 11.8. The molecule has 0 saturated heterocycles. The molecule has 0 unspecified atom stereocenters. The number of rotatable bonds is 11. The van der Waals surface area contributed by atoms with Gasteiger partial charge in [-0.15, -0.1) is 0 Å². The average Bonchev–Trinajstić information content (AvgIpc) is 2.69. The molecule has 0 fully saturated rings. The van der Waals surface area contributed by atoms with Crippen LogP contribution in [-0.2, 0) is 14.3 Å². The zero-order chi connectivity index (χ0) is 21.1. The molecule has 0 bridgehead atoms. The fourth-order valence-corrected chi connectivity index (χ4v) is 3.03. The van der Waals surface area contributed by atoms with Gasteiger partial charge in [0.1, 0.15) is 18.1 Å². The molecule has 0 aliphatic rings. The second-order valence-electron chi connectivity index (χ2n) is 5.99. The van der Waals surface area contributed by atoms with Crippen LogP contribution in [0.4, 0.5) is 0 Å². The van der Waals surface area contributed by atoms with Crippen LogP contribution < -0.4 is 14.8 Å². The molecule has 0 saturated carbocycles. The third-order valence-corrected chi connectivity index (χ3v) is 4.29. The summed E-state index contributed by atoms with van der Waals surface area (Å²) < 4.78 is 15.8. The SMILES string of the molecule is CCOc1ccc(OCCNC(=O)COC(=O)CSc2nc(C)cc(C)n2)cc1. The topological polar surface area (TPSA) is 99.6 Å². The quantitative estimate of drug-likeness (QED) is 0.256. The molecule has 0 atom stereocenters. The molecule has 9 heteroatoms. The Bertz CT molecular complexity index is 794. The van der Waals surface area contributed by atoms with E-state index in [4.69, 9.17) is 14.2 Å². The fourth-order valence-electron chi connectivity index (χ4n) is 2.28. The maximum absolute atomic E-state index is 11.8. The van der Waals surface area contributed by atoms with E-state index in [2.05, 4.69) is 15.3 Å². The lowest BCUT2D eigenvalue weighted by Crippen LogP contribution is -2.32. The van der Waals surface area contributed by atoms with Gasteiger partial charge < -0.3 is 19.5 Å². The first-order valence-corrected chi connectivity index (χ1v) is 10.2. The first-order valence-electron chi connectivity index (χ1n) is 9.19. The smallest absolute Gasteiger partial charge is 0.316 e. The summed E-state index contributed by atoms with van der Waals surface area (Å²) in [5, 5.41) is 3.14. The van der Waals surface area contributed by atoms with Gasteiger partial charge in [-0.25, -0.2) is 9.97 Å². The van der Waals surface area contributed by atoms with E-state index < -0.39 is 5.97 Å². The molecule has 156 valence electrons. The normalized spacial score (nSPS) is 10.3. The van der Waals surface area contributed by atoms with Crippen LogP contribution in [0.25, 0.3) is 0 Å². The number of amides is 1. The Morgan fingerprint density at radius 2 is 1.66 bits per heavy atom. The van der Waals surface area contributed by atoms with Gasteiger partial charge in [0.05, 0.1) is 18.9 Å². The van der Waals surface area contributed by atoms with Gasteiger partial charge in [-0.2, -0.15) is 0 Å². The van der Waals surface area contributed by atoms with Crippen molar-refractivity contribution >= 4 is 23.6 Å². The van der Waals surface area contributed by atoms with Gasteiger partial charge in [0.2, 0.25) is 0 Å². The van der Waals surface area contributed by atoms with Crippen molar-refractivity contribution in [2.24, 2.45) is 0 Å². The third-order valence-electron chi connectivity index (χ3n) is 3.47. The predicted octanol–water partition coefficient (Wildman–Crippen LogP) is 2.32. The minimum absolute atomic E-state index is 0.0387. The van der Waals surface area contributed by atoms with Crippen molar-refractivity contribution < 1.29 is 23.8 Å².